The van der Waals surface area contributed by atoms with Gasteiger partial charge in [-0.2, -0.15) is 0 Å². The molecule has 0 saturated carbocycles. The van der Waals surface area contributed by atoms with E-state index in [0.29, 0.717) is 6.42 Å². The second kappa shape index (κ2) is 7.06. The first-order valence-corrected chi connectivity index (χ1v) is 7.43. The van der Waals surface area contributed by atoms with Crippen molar-refractivity contribution in [1.29, 1.82) is 0 Å². The number of carbonyl (C=O) groups is 3. The van der Waals surface area contributed by atoms with E-state index in [1.54, 1.807) is 6.92 Å². The van der Waals surface area contributed by atoms with E-state index in [2.05, 4.69) is 16.0 Å². The maximum absolute atomic E-state index is 12.0. The third-order valence-corrected chi connectivity index (χ3v) is 3.90. The Kier molecular flexibility index (Phi) is 5.14. The summed E-state index contributed by atoms with van der Waals surface area (Å²) in [4.78, 5) is 34.9. The minimum absolute atomic E-state index is 0.0778. The van der Waals surface area contributed by atoms with Crippen LogP contribution in [0.25, 0.3) is 0 Å². The van der Waals surface area contributed by atoms with Crippen LogP contribution in [0, 0.1) is 5.92 Å². The van der Waals surface area contributed by atoms with Crippen molar-refractivity contribution in [2.75, 3.05) is 0 Å². The van der Waals surface area contributed by atoms with Crippen LogP contribution in [0.3, 0.4) is 0 Å². The van der Waals surface area contributed by atoms with E-state index in [1.165, 1.54) is 0 Å². The summed E-state index contributed by atoms with van der Waals surface area (Å²) in [7, 11) is 0. The molecule has 22 heavy (non-hydrogen) atoms. The Morgan fingerprint density at radius 3 is 2.59 bits per heavy atom. The summed E-state index contributed by atoms with van der Waals surface area (Å²) in [6, 6.07) is 8.87. The van der Waals surface area contributed by atoms with Crippen LogP contribution in [-0.4, -0.2) is 23.9 Å². The highest BCUT2D eigenvalue weighted by Crippen LogP contribution is 2.16. The monoisotopic (exact) mass is 303 g/mol. The summed E-state index contributed by atoms with van der Waals surface area (Å²) in [5.41, 5.74) is 1.03. The highest BCUT2D eigenvalue weighted by molar-refractivity contribution is 5.98. The molecule has 1 aliphatic heterocycles. The van der Waals surface area contributed by atoms with Crippen molar-refractivity contribution in [3.63, 3.8) is 0 Å². The number of amides is 4. The van der Waals surface area contributed by atoms with Gasteiger partial charge in [0.15, 0.2) is 0 Å². The first-order chi connectivity index (χ1) is 10.5. The van der Waals surface area contributed by atoms with Crippen molar-refractivity contribution in [3.05, 3.63) is 35.9 Å². The van der Waals surface area contributed by atoms with Crippen LogP contribution in [0.4, 0.5) is 4.79 Å². The second-order valence-electron chi connectivity index (χ2n) is 5.60. The summed E-state index contributed by atoms with van der Waals surface area (Å²) in [5.74, 6) is -0.802. The van der Waals surface area contributed by atoms with Gasteiger partial charge in [-0.25, -0.2) is 4.79 Å². The molecule has 1 aromatic carbocycles. The number of imide groups is 1. The van der Waals surface area contributed by atoms with E-state index in [9.17, 15) is 14.4 Å². The van der Waals surface area contributed by atoms with Crippen LogP contribution in [0.2, 0.25) is 0 Å². The molecule has 4 amide bonds. The van der Waals surface area contributed by atoms with E-state index >= 15 is 0 Å². The van der Waals surface area contributed by atoms with Crippen LogP contribution in [-0.2, 0) is 9.59 Å². The topological polar surface area (TPSA) is 87.3 Å². The van der Waals surface area contributed by atoms with Crippen LogP contribution in [0.1, 0.15) is 38.3 Å². The van der Waals surface area contributed by atoms with Gasteiger partial charge in [0.2, 0.25) is 11.8 Å². The molecule has 0 aromatic heterocycles. The predicted octanol–water partition coefficient (Wildman–Crippen LogP) is 1.49. The molecule has 0 radical (unpaired) electrons. The lowest BCUT2D eigenvalue weighted by Gasteiger charge is -2.28. The molecule has 1 aromatic rings. The van der Waals surface area contributed by atoms with Gasteiger partial charge in [-0.1, -0.05) is 30.3 Å². The molecule has 0 spiro atoms. The summed E-state index contributed by atoms with van der Waals surface area (Å²) in [6.07, 6.45) is 0.649. The largest absolute Gasteiger partial charge is 0.350 e. The van der Waals surface area contributed by atoms with E-state index in [1.807, 2.05) is 37.3 Å². The molecule has 1 heterocycles. The summed E-state index contributed by atoms with van der Waals surface area (Å²) in [6.45, 7) is 3.69. The minimum Gasteiger partial charge on any atom is -0.350 e. The van der Waals surface area contributed by atoms with Gasteiger partial charge >= 0.3 is 6.03 Å². The van der Waals surface area contributed by atoms with E-state index in [4.69, 9.17) is 0 Å². The fraction of sp³-hybridized carbons (Fsp3) is 0.438. The van der Waals surface area contributed by atoms with Crippen molar-refractivity contribution in [3.8, 4) is 0 Å². The molecular formula is C16H21N3O3. The lowest BCUT2D eigenvalue weighted by molar-refractivity contribution is -0.126. The van der Waals surface area contributed by atoms with Gasteiger partial charge in [0.25, 0.3) is 0 Å². The summed E-state index contributed by atoms with van der Waals surface area (Å²) < 4.78 is 0. The fourth-order valence-electron chi connectivity index (χ4n) is 2.58. The molecule has 1 aliphatic rings. The lowest BCUT2D eigenvalue weighted by atomic mass is 9.93. The Hall–Kier alpha value is -2.37. The van der Waals surface area contributed by atoms with Gasteiger partial charge in [-0.15, -0.1) is 0 Å². The molecule has 0 bridgehead atoms. The number of urea groups is 1. The Morgan fingerprint density at radius 2 is 1.95 bits per heavy atom. The molecule has 118 valence electrons. The highest BCUT2D eigenvalue weighted by atomic mass is 16.2. The zero-order valence-corrected chi connectivity index (χ0v) is 12.8. The Bertz CT molecular complexity index is 559. The SMILES string of the molecule is CC(NC(=O)CCC1C(=O)NC(=O)NC1C)c1ccccc1. The van der Waals surface area contributed by atoms with Gasteiger partial charge in [-0.3, -0.25) is 14.9 Å². The standard InChI is InChI=1S/C16H21N3O3/c1-10(12-6-4-3-5-7-12)17-14(20)9-8-13-11(2)18-16(22)19-15(13)21/h3-7,10-11,13H,8-9H2,1-2H3,(H,17,20)(H2,18,19,21,22). The minimum atomic E-state index is -0.476. The lowest BCUT2D eigenvalue weighted by Crippen LogP contribution is -2.57. The zero-order valence-electron chi connectivity index (χ0n) is 12.8. The van der Waals surface area contributed by atoms with Gasteiger partial charge in [0.05, 0.1) is 12.0 Å². The number of hydrogen-bond donors (Lipinski definition) is 3. The molecule has 3 N–H and O–H groups in total. The van der Waals surface area contributed by atoms with Crippen molar-refractivity contribution < 1.29 is 14.4 Å². The molecule has 2 rings (SSSR count). The first kappa shape index (κ1) is 16.0. The zero-order chi connectivity index (χ0) is 16.1. The van der Waals surface area contributed by atoms with Gasteiger partial charge in [-0.05, 0) is 25.8 Å². The van der Waals surface area contributed by atoms with Gasteiger partial charge in [0, 0.05) is 12.5 Å². The average Bonchev–Trinajstić information content (AvgIpc) is 2.47. The number of benzene rings is 1. The molecule has 3 atom stereocenters. The quantitative estimate of drug-likeness (QED) is 0.770. The Balaban J connectivity index is 1.83. The number of carbonyl (C=O) groups excluding carboxylic acids is 3. The smallest absolute Gasteiger partial charge is 0.321 e. The maximum atomic E-state index is 12.0. The van der Waals surface area contributed by atoms with Crippen LogP contribution in [0.5, 0.6) is 0 Å². The Morgan fingerprint density at radius 1 is 1.27 bits per heavy atom. The molecule has 0 aliphatic carbocycles. The third kappa shape index (κ3) is 4.07. The molecule has 6 nitrogen and oxygen atoms in total. The van der Waals surface area contributed by atoms with Gasteiger partial charge in [0.1, 0.15) is 0 Å². The first-order valence-electron chi connectivity index (χ1n) is 7.43. The highest BCUT2D eigenvalue weighted by Gasteiger charge is 2.32. The number of hydrogen-bond acceptors (Lipinski definition) is 3. The predicted molar refractivity (Wildman–Crippen MR) is 81.9 cm³/mol. The fourth-order valence-corrected chi connectivity index (χ4v) is 2.58. The molecule has 3 unspecified atom stereocenters. The van der Waals surface area contributed by atoms with Crippen molar-refractivity contribution in [2.45, 2.75) is 38.8 Å². The van der Waals surface area contributed by atoms with Crippen LogP contribution < -0.4 is 16.0 Å². The third-order valence-electron chi connectivity index (χ3n) is 3.90. The van der Waals surface area contributed by atoms with Crippen LogP contribution >= 0.6 is 0 Å². The molecule has 1 saturated heterocycles. The average molecular weight is 303 g/mol. The second-order valence-corrected chi connectivity index (χ2v) is 5.60. The van der Waals surface area contributed by atoms with E-state index < -0.39 is 6.03 Å². The summed E-state index contributed by atoms with van der Waals surface area (Å²) >= 11 is 0. The number of rotatable bonds is 5. The van der Waals surface area contributed by atoms with Crippen molar-refractivity contribution in [2.24, 2.45) is 5.92 Å². The summed E-state index contributed by atoms with van der Waals surface area (Å²) in [5, 5.41) is 7.79. The van der Waals surface area contributed by atoms with Crippen LogP contribution in [0.15, 0.2) is 30.3 Å². The molecular weight excluding hydrogens is 282 g/mol. The Labute approximate surface area is 129 Å². The van der Waals surface area contributed by atoms with Crippen molar-refractivity contribution >= 4 is 17.8 Å². The normalized spacial score (nSPS) is 22.5. The van der Waals surface area contributed by atoms with E-state index in [-0.39, 0.29) is 36.2 Å². The molecule has 1 fully saturated rings. The van der Waals surface area contributed by atoms with Crippen molar-refractivity contribution in [1.82, 2.24) is 16.0 Å². The maximum Gasteiger partial charge on any atom is 0.321 e. The number of nitrogens with one attached hydrogen (secondary N) is 3. The van der Waals surface area contributed by atoms with E-state index in [0.717, 1.165) is 5.56 Å². The van der Waals surface area contributed by atoms with Gasteiger partial charge < -0.3 is 10.6 Å². The molecule has 6 heteroatoms.